The predicted octanol–water partition coefficient (Wildman–Crippen LogP) is 7.47. The first-order valence-electron chi connectivity index (χ1n) is 17.7. The van der Waals surface area contributed by atoms with Crippen LogP contribution >= 0.6 is 0 Å². The van der Waals surface area contributed by atoms with Crippen molar-refractivity contribution in [1.82, 2.24) is 5.43 Å². The van der Waals surface area contributed by atoms with E-state index in [0.717, 1.165) is 54.6 Å². The van der Waals surface area contributed by atoms with Gasteiger partial charge >= 0.3 is 6.03 Å². The monoisotopic (exact) mass is 706 g/mol. The lowest BCUT2D eigenvalue weighted by Gasteiger charge is -2.43. The minimum Gasteiger partial charge on any atom is -0.453 e. The number of morpholine rings is 2. The maximum Gasteiger partial charge on any atom is 0.370 e. The van der Waals surface area contributed by atoms with E-state index >= 15 is 0 Å². The summed E-state index contributed by atoms with van der Waals surface area (Å²) in [6.07, 6.45) is 0. The first-order chi connectivity index (χ1) is 26.2. The van der Waals surface area contributed by atoms with Gasteiger partial charge in [0, 0.05) is 67.4 Å². The van der Waals surface area contributed by atoms with E-state index in [4.69, 9.17) is 34.2 Å². The van der Waals surface area contributed by atoms with Gasteiger partial charge in [-0.2, -0.15) is 10.0 Å². The molecule has 0 atom stereocenters. The molecule has 2 saturated heterocycles. The van der Waals surface area contributed by atoms with Gasteiger partial charge in [-0.05, 0) is 36.4 Å². The molecule has 2 fully saturated rings. The summed E-state index contributed by atoms with van der Waals surface area (Å²) in [5.41, 5.74) is 11.0. The maximum atomic E-state index is 13.9. The number of nitrogens with zero attached hydrogens (tertiary/aromatic N) is 7. The molecule has 0 unspecified atom stereocenters. The number of hydrogen-bond donors (Lipinski definition) is 0. The SMILES string of the molecule is O=C1N(c2ccccc2)[N]C(c2cc3c4c(c2)Oc2cc(N5CCOCC5)cc5c2N4c2c(cc(N4CCOCC4)cc2O5)O3)=NN1c1ccccc1. The molecule has 0 aliphatic carbocycles. The van der Waals surface area contributed by atoms with Crippen LogP contribution < -0.4 is 44.4 Å². The van der Waals surface area contributed by atoms with Gasteiger partial charge in [0.05, 0.1) is 37.8 Å². The summed E-state index contributed by atoms with van der Waals surface area (Å²) >= 11 is 0. The fourth-order valence-electron chi connectivity index (χ4n) is 7.65. The second-order valence-corrected chi connectivity index (χ2v) is 13.3. The van der Waals surface area contributed by atoms with Crippen molar-refractivity contribution < 1.29 is 28.5 Å². The number of hydrazone groups is 1. The molecule has 5 aromatic rings. The molecule has 0 spiro atoms. The van der Waals surface area contributed by atoms with Crippen LogP contribution in [-0.2, 0) is 9.47 Å². The number of carbonyl (C=O) groups is 1. The molecule has 0 saturated carbocycles. The van der Waals surface area contributed by atoms with Crippen LogP contribution in [0.1, 0.15) is 5.56 Å². The molecule has 0 aromatic heterocycles. The van der Waals surface area contributed by atoms with Gasteiger partial charge in [-0.15, -0.1) is 10.5 Å². The molecule has 6 aliphatic rings. The van der Waals surface area contributed by atoms with E-state index in [-0.39, 0.29) is 0 Å². The molecular weight excluding hydrogens is 674 g/mol. The third-order valence-electron chi connectivity index (χ3n) is 10.2. The Morgan fingerprint density at radius 3 is 1.36 bits per heavy atom. The van der Waals surface area contributed by atoms with Crippen molar-refractivity contribution in [2.75, 3.05) is 77.3 Å². The number of urea groups is 1. The quantitative estimate of drug-likeness (QED) is 0.180. The van der Waals surface area contributed by atoms with E-state index in [0.29, 0.717) is 83.7 Å². The summed E-state index contributed by atoms with van der Waals surface area (Å²) in [6, 6.07) is 30.4. The van der Waals surface area contributed by atoms with Crippen LogP contribution in [-0.4, -0.2) is 64.5 Å². The number of carbonyl (C=O) groups excluding carboxylic acids is 1. The first-order valence-corrected chi connectivity index (χ1v) is 17.7. The maximum absolute atomic E-state index is 13.9. The third-order valence-corrected chi connectivity index (χ3v) is 10.2. The summed E-state index contributed by atoms with van der Waals surface area (Å²) in [5, 5.41) is 7.56. The lowest BCUT2D eigenvalue weighted by Crippen LogP contribution is -2.52. The summed E-state index contributed by atoms with van der Waals surface area (Å²) < 4.78 is 31.7. The van der Waals surface area contributed by atoms with Crippen LogP contribution in [0.25, 0.3) is 0 Å². The van der Waals surface area contributed by atoms with Crippen molar-refractivity contribution >= 4 is 51.7 Å². The van der Waals surface area contributed by atoms with E-state index < -0.39 is 6.03 Å². The molecule has 0 bridgehead atoms. The van der Waals surface area contributed by atoms with Crippen molar-refractivity contribution in [2.24, 2.45) is 5.10 Å². The number of para-hydroxylation sites is 2. The van der Waals surface area contributed by atoms with Crippen molar-refractivity contribution in [3.8, 4) is 34.5 Å². The molecule has 2 amide bonds. The van der Waals surface area contributed by atoms with Gasteiger partial charge in [0.15, 0.2) is 34.5 Å². The van der Waals surface area contributed by atoms with Crippen LogP contribution in [0.2, 0.25) is 0 Å². The number of hydrogen-bond acceptors (Lipinski definition) is 10. The van der Waals surface area contributed by atoms with Crippen LogP contribution in [0.3, 0.4) is 0 Å². The van der Waals surface area contributed by atoms with Crippen LogP contribution in [0.5, 0.6) is 34.5 Å². The number of benzene rings is 5. The van der Waals surface area contributed by atoms with Crippen molar-refractivity contribution in [3.05, 3.63) is 103 Å². The Bertz CT molecular complexity index is 2230. The zero-order valence-corrected chi connectivity index (χ0v) is 28.5. The van der Waals surface area contributed by atoms with Crippen molar-refractivity contribution in [1.29, 1.82) is 0 Å². The Morgan fingerprint density at radius 2 is 0.906 bits per heavy atom. The summed E-state index contributed by atoms with van der Waals surface area (Å²) in [6.45, 7) is 5.65. The Kier molecular flexibility index (Phi) is 6.73. The Balaban J connectivity index is 1.08. The minimum atomic E-state index is -0.402. The van der Waals surface area contributed by atoms with Crippen molar-refractivity contribution in [3.63, 3.8) is 0 Å². The van der Waals surface area contributed by atoms with Gasteiger partial charge in [0.25, 0.3) is 0 Å². The third kappa shape index (κ3) is 4.85. The van der Waals surface area contributed by atoms with Crippen molar-refractivity contribution in [2.45, 2.75) is 0 Å². The van der Waals surface area contributed by atoms with E-state index in [9.17, 15) is 4.79 Å². The van der Waals surface area contributed by atoms with E-state index in [1.54, 1.807) is 0 Å². The Morgan fingerprint density at radius 1 is 0.491 bits per heavy atom. The number of amides is 2. The fourth-order valence-corrected chi connectivity index (χ4v) is 7.65. The van der Waals surface area contributed by atoms with Gasteiger partial charge in [-0.3, -0.25) is 4.90 Å². The van der Waals surface area contributed by atoms with Crippen LogP contribution in [0.15, 0.2) is 102 Å². The second kappa shape index (κ2) is 11.8. The normalized spacial score (nSPS) is 18.0. The molecule has 0 N–H and O–H groups in total. The van der Waals surface area contributed by atoms with Crippen LogP contribution in [0, 0.1) is 0 Å². The van der Waals surface area contributed by atoms with E-state index in [1.165, 1.54) is 10.0 Å². The molecule has 53 heavy (non-hydrogen) atoms. The zero-order valence-electron chi connectivity index (χ0n) is 28.5. The molecule has 13 heteroatoms. The standard InChI is InChI=1S/C40H32N7O6/c48-40-46(26-7-3-1-4-8-26)41-39(42-47(40)27-9-5-2-6-10-27)25-19-30-36-31(20-25)52-33-22-29(44-13-17-50-18-14-44)24-35-38(33)45(36)37-32(51-30)21-28(23-34(37)53-35)43-11-15-49-16-12-43/h1-10,19-24H,11-18H2. The molecule has 13 nitrogen and oxygen atoms in total. The van der Waals surface area contributed by atoms with Gasteiger partial charge in [-0.1, -0.05) is 36.4 Å². The molecule has 1 radical (unpaired) electrons. The molecule has 263 valence electrons. The smallest absolute Gasteiger partial charge is 0.370 e. The number of anilines is 7. The minimum absolute atomic E-state index is 0.313. The highest BCUT2D eigenvalue weighted by Crippen LogP contribution is 2.68. The Labute approximate surface area is 304 Å². The zero-order chi connectivity index (χ0) is 35.0. The number of ether oxygens (including phenoxy) is 5. The molecular formula is C40H32N7O6. The first kappa shape index (κ1) is 30.2. The average molecular weight is 707 g/mol. The number of amidine groups is 1. The highest BCUT2D eigenvalue weighted by molar-refractivity contribution is 6.14. The molecule has 6 aliphatic heterocycles. The largest absolute Gasteiger partial charge is 0.453 e. The molecule has 11 rings (SSSR count). The topological polar surface area (TPSA) is 106 Å². The summed E-state index contributed by atoms with van der Waals surface area (Å²) in [7, 11) is 0. The lowest BCUT2D eigenvalue weighted by atomic mass is 10.0. The summed E-state index contributed by atoms with van der Waals surface area (Å²) in [5.74, 6) is 4.16. The second-order valence-electron chi connectivity index (χ2n) is 13.3. The van der Waals surface area contributed by atoms with E-state index in [1.807, 2.05) is 72.8 Å². The number of rotatable bonds is 5. The van der Waals surface area contributed by atoms with Gasteiger partial charge < -0.3 is 33.5 Å². The molecule has 6 heterocycles. The Hall–Kier alpha value is -6.44. The van der Waals surface area contributed by atoms with Crippen LogP contribution in [0.4, 0.5) is 44.6 Å². The fraction of sp³-hybridized carbons (Fsp3) is 0.200. The van der Waals surface area contributed by atoms with E-state index in [2.05, 4.69) is 39.0 Å². The predicted molar refractivity (Wildman–Crippen MR) is 199 cm³/mol. The highest BCUT2D eigenvalue weighted by atomic mass is 16.5. The molecule has 5 aromatic carbocycles. The average Bonchev–Trinajstić information content (AvgIpc) is 3.21. The highest BCUT2D eigenvalue weighted by Gasteiger charge is 2.44. The van der Waals surface area contributed by atoms with Gasteiger partial charge in [-0.25, -0.2) is 4.79 Å². The van der Waals surface area contributed by atoms with Gasteiger partial charge in [0.1, 0.15) is 17.1 Å². The lowest BCUT2D eigenvalue weighted by molar-refractivity contribution is 0.122. The summed E-state index contributed by atoms with van der Waals surface area (Å²) in [4.78, 5) is 20.7. The van der Waals surface area contributed by atoms with Gasteiger partial charge in [0.2, 0.25) is 5.84 Å².